The molecule has 58 valence electrons. The molecule has 0 aromatic heterocycles. The van der Waals surface area contributed by atoms with Crippen LogP contribution in [0.3, 0.4) is 0 Å². The van der Waals surface area contributed by atoms with E-state index in [-0.39, 0.29) is 0 Å². The normalized spacial score (nSPS) is 6.50. The van der Waals surface area contributed by atoms with Crippen molar-refractivity contribution in [3.05, 3.63) is 22.8 Å². The maximum atomic E-state index is 9.15. The fourth-order valence-corrected chi connectivity index (χ4v) is 0.0638. The standard InChI is InChI=1S/C3H6.CHNO5/c1-3-2;3-1(4)7-2(5)6/h3H,1H2,2H3;(H,3,4). The van der Waals surface area contributed by atoms with E-state index in [0.29, 0.717) is 0 Å². The van der Waals surface area contributed by atoms with Crippen molar-refractivity contribution in [2.75, 3.05) is 0 Å². The van der Waals surface area contributed by atoms with Crippen LogP contribution < -0.4 is 0 Å². The molecule has 0 aliphatic heterocycles. The summed E-state index contributed by atoms with van der Waals surface area (Å²) in [4.78, 5) is 21.0. The molecule has 0 saturated heterocycles. The van der Waals surface area contributed by atoms with Gasteiger partial charge < -0.3 is 5.11 Å². The number of nitrogens with zero attached hydrogens (tertiary/aromatic N) is 1. The summed E-state index contributed by atoms with van der Waals surface area (Å²) in [6.45, 7) is 5.25. The Kier molecular flexibility index (Phi) is 8.33. The lowest BCUT2D eigenvalue weighted by molar-refractivity contribution is -0.730. The van der Waals surface area contributed by atoms with E-state index in [9.17, 15) is 0 Å². The maximum Gasteiger partial charge on any atom is 0.484 e. The van der Waals surface area contributed by atoms with Gasteiger partial charge in [0.25, 0.3) is 0 Å². The molecule has 0 aliphatic carbocycles. The molecule has 0 heterocycles. The minimum Gasteiger partial charge on any atom is -0.461 e. The second-order valence-electron chi connectivity index (χ2n) is 0.989. The van der Waals surface area contributed by atoms with Gasteiger partial charge in [0.15, 0.2) is 0 Å². The van der Waals surface area contributed by atoms with Gasteiger partial charge in [-0.05, 0) is 6.92 Å². The van der Waals surface area contributed by atoms with Crippen LogP contribution in [0.5, 0.6) is 0 Å². The van der Waals surface area contributed by atoms with Crippen LogP contribution in [0.25, 0.3) is 0 Å². The Morgan fingerprint density at radius 2 is 2.20 bits per heavy atom. The molecule has 0 saturated carbocycles. The molecule has 0 rings (SSSR count). The number of rotatable bonds is 1. The molecule has 0 bridgehead atoms. The number of carbonyl (C=O) groups is 1. The lowest BCUT2D eigenvalue weighted by Crippen LogP contribution is -2.05. The SMILES string of the molecule is C=CC.O=C(O)O[N+](=O)[O-]. The maximum absolute atomic E-state index is 9.15. The van der Waals surface area contributed by atoms with Gasteiger partial charge in [-0.25, -0.2) is 4.79 Å². The summed E-state index contributed by atoms with van der Waals surface area (Å²) in [6.07, 6.45) is -0.162. The Balaban J connectivity index is 0. The van der Waals surface area contributed by atoms with E-state index in [4.69, 9.17) is 20.0 Å². The van der Waals surface area contributed by atoms with E-state index in [1.807, 2.05) is 6.92 Å². The van der Waals surface area contributed by atoms with Gasteiger partial charge in [-0.1, -0.05) is 6.08 Å². The average Bonchev–Trinajstić information content (AvgIpc) is 1.62. The van der Waals surface area contributed by atoms with Gasteiger partial charge in [-0.15, -0.1) is 16.7 Å². The first-order valence-corrected chi connectivity index (χ1v) is 2.17. The first kappa shape index (κ1) is 11.2. The molecular formula is C4H7NO5. The molecule has 6 nitrogen and oxygen atoms in total. The fourth-order valence-electron chi connectivity index (χ4n) is 0.0638. The molecule has 0 radical (unpaired) electrons. The van der Waals surface area contributed by atoms with Crippen LogP contribution in [0.2, 0.25) is 0 Å². The van der Waals surface area contributed by atoms with Crippen LogP contribution in [-0.2, 0) is 4.84 Å². The van der Waals surface area contributed by atoms with E-state index in [1.54, 1.807) is 6.08 Å². The first-order chi connectivity index (χ1) is 4.54. The van der Waals surface area contributed by atoms with Crippen molar-refractivity contribution in [3.63, 3.8) is 0 Å². The summed E-state index contributed by atoms with van der Waals surface area (Å²) in [5, 5.41) is 15.0. The second kappa shape index (κ2) is 7.41. The number of carboxylic acid groups (broad SMARTS) is 1. The predicted molar refractivity (Wildman–Crippen MR) is 32.0 cm³/mol. The summed E-state index contributed by atoms with van der Waals surface area (Å²) >= 11 is 0. The number of hydrogen-bond donors (Lipinski definition) is 1. The smallest absolute Gasteiger partial charge is 0.461 e. The third kappa shape index (κ3) is 32.3. The highest BCUT2D eigenvalue weighted by molar-refractivity contribution is 5.55. The van der Waals surface area contributed by atoms with E-state index >= 15 is 0 Å². The van der Waals surface area contributed by atoms with Gasteiger partial charge in [-0.3, -0.25) is 0 Å². The Bertz CT molecular complexity index is 120. The summed E-state index contributed by atoms with van der Waals surface area (Å²) in [7, 11) is 0. The van der Waals surface area contributed by atoms with Crippen molar-refractivity contribution in [2.24, 2.45) is 0 Å². The summed E-state index contributed by atoms with van der Waals surface area (Å²) < 4.78 is 0. The van der Waals surface area contributed by atoms with Crippen LogP contribution in [0.15, 0.2) is 12.7 Å². The third-order valence-corrected chi connectivity index (χ3v) is 0.153. The fraction of sp³-hybridized carbons (Fsp3) is 0.250. The van der Waals surface area contributed by atoms with Crippen molar-refractivity contribution in [2.45, 2.75) is 6.92 Å². The Morgan fingerprint density at radius 1 is 1.90 bits per heavy atom. The quantitative estimate of drug-likeness (QED) is 0.342. The first-order valence-electron chi connectivity index (χ1n) is 2.17. The monoisotopic (exact) mass is 149 g/mol. The molecule has 0 spiro atoms. The summed E-state index contributed by atoms with van der Waals surface area (Å²) in [5.41, 5.74) is 0. The van der Waals surface area contributed by atoms with Gasteiger partial charge in [0.05, 0.1) is 0 Å². The van der Waals surface area contributed by atoms with E-state index in [2.05, 4.69) is 11.4 Å². The average molecular weight is 149 g/mol. The highest BCUT2D eigenvalue weighted by Crippen LogP contribution is 1.72. The van der Waals surface area contributed by atoms with Crippen LogP contribution in [0, 0.1) is 10.1 Å². The molecule has 6 heteroatoms. The molecule has 0 unspecified atom stereocenters. The topological polar surface area (TPSA) is 89.7 Å². The highest BCUT2D eigenvalue weighted by Gasteiger charge is 1.99. The van der Waals surface area contributed by atoms with Gasteiger partial charge in [-0.2, -0.15) is 4.84 Å². The Hall–Kier alpha value is -1.59. The Morgan fingerprint density at radius 3 is 2.20 bits per heavy atom. The minimum absolute atomic E-state index is 1.40. The number of hydrogen-bond acceptors (Lipinski definition) is 4. The van der Waals surface area contributed by atoms with Gasteiger partial charge in [0, 0.05) is 0 Å². The molecule has 0 aromatic carbocycles. The van der Waals surface area contributed by atoms with Gasteiger partial charge in [0.2, 0.25) is 0 Å². The molecule has 0 fully saturated rings. The lowest BCUT2D eigenvalue weighted by Gasteiger charge is -1.81. The van der Waals surface area contributed by atoms with Crippen LogP contribution in [0.1, 0.15) is 6.92 Å². The molecule has 10 heavy (non-hydrogen) atoms. The van der Waals surface area contributed by atoms with Gasteiger partial charge >= 0.3 is 11.2 Å². The molecule has 0 aliphatic rings. The molecule has 0 atom stereocenters. The molecular weight excluding hydrogens is 142 g/mol. The zero-order valence-electron chi connectivity index (χ0n) is 5.31. The minimum atomic E-state index is -1.91. The Labute approximate surface area is 56.8 Å². The molecule has 0 amide bonds. The zero-order valence-corrected chi connectivity index (χ0v) is 5.31. The predicted octanol–water partition coefficient (Wildman–Crippen LogP) is 1.06. The van der Waals surface area contributed by atoms with Crippen molar-refractivity contribution in [1.82, 2.24) is 0 Å². The highest BCUT2D eigenvalue weighted by atomic mass is 17.0. The summed E-state index contributed by atoms with van der Waals surface area (Å²) in [5.74, 6) is 0. The lowest BCUT2D eigenvalue weighted by atomic mass is 10.8. The van der Waals surface area contributed by atoms with Crippen molar-refractivity contribution < 1.29 is 19.8 Å². The van der Waals surface area contributed by atoms with E-state index < -0.39 is 11.2 Å². The van der Waals surface area contributed by atoms with Crippen LogP contribution in [0.4, 0.5) is 4.79 Å². The van der Waals surface area contributed by atoms with Gasteiger partial charge in [0.1, 0.15) is 0 Å². The van der Waals surface area contributed by atoms with Crippen molar-refractivity contribution in [1.29, 1.82) is 0 Å². The zero-order chi connectivity index (χ0) is 8.57. The number of allylic oxidation sites excluding steroid dienone is 1. The largest absolute Gasteiger partial charge is 0.484 e. The molecule has 1 N–H and O–H groups in total. The van der Waals surface area contributed by atoms with Crippen molar-refractivity contribution in [3.8, 4) is 0 Å². The summed E-state index contributed by atoms with van der Waals surface area (Å²) in [6, 6.07) is 0. The second-order valence-corrected chi connectivity index (χ2v) is 0.989. The van der Waals surface area contributed by atoms with E-state index in [1.165, 1.54) is 0 Å². The van der Waals surface area contributed by atoms with Crippen LogP contribution in [-0.4, -0.2) is 16.3 Å². The van der Waals surface area contributed by atoms with Crippen molar-refractivity contribution >= 4 is 6.16 Å². The molecule has 0 aromatic rings. The van der Waals surface area contributed by atoms with Crippen LogP contribution >= 0.6 is 0 Å². The van der Waals surface area contributed by atoms with E-state index in [0.717, 1.165) is 0 Å². The third-order valence-electron chi connectivity index (χ3n) is 0.153.